The molecule has 0 aromatic carbocycles. The first kappa shape index (κ1) is 14.1. The number of hydrogen-bond donors (Lipinski definition) is 1. The van der Waals surface area contributed by atoms with Crippen LogP contribution in [0.1, 0.15) is 19.8 Å². The van der Waals surface area contributed by atoms with Crippen molar-refractivity contribution in [3.63, 3.8) is 0 Å². The first-order valence-electron chi connectivity index (χ1n) is 6.96. The number of urea groups is 1. The van der Waals surface area contributed by atoms with Crippen molar-refractivity contribution in [3.8, 4) is 0 Å². The standard InChI is InChI=1S/C13H23N3O3/c1-10-8-14(2)6-7-16(10)13(19)15-5-3-4-11(9-15)12(17)18/h10-11H,3-9H2,1-2H3,(H,17,18)/t10?,11-/m0/s1. The molecule has 6 heteroatoms. The second-order valence-corrected chi connectivity index (χ2v) is 5.71. The largest absolute Gasteiger partial charge is 0.481 e. The number of piperidine rings is 1. The zero-order chi connectivity index (χ0) is 14.0. The highest BCUT2D eigenvalue weighted by atomic mass is 16.4. The van der Waals surface area contributed by atoms with Crippen LogP contribution in [0.4, 0.5) is 4.79 Å². The van der Waals surface area contributed by atoms with Crippen LogP contribution in [0.2, 0.25) is 0 Å². The summed E-state index contributed by atoms with van der Waals surface area (Å²) in [6.07, 6.45) is 1.46. The summed E-state index contributed by atoms with van der Waals surface area (Å²) in [6.45, 7) is 5.57. The van der Waals surface area contributed by atoms with Gasteiger partial charge < -0.3 is 19.8 Å². The number of carbonyl (C=O) groups excluding carboxylic acids is 1. The fourth-order valence-corrected chi connectivity index (χ4v) is 2.96. The molecule has 0 aromatic rings. The van der Waals surface area contributed by atoms with Crippen molar-refractivity contribution in [3.05, 3.63) is 0 Å². The predicted octanol–water partition coefficient (Wildman–Crippen LogP) is 0.539. The zero-order valence-electron chi connectivity index (χ0n) is 11.7. The van der Waals surface area contributed by atoms with Gasteiger partial charge >= 0.3 is 12.0 Å². The lowest BCUT2D eigenvalue weighted by Crippen LogP contribution is -2.57. The zero-order valence-corrected chi connectivity index (χ0v) is 11.7. The quantitative estimate of drug-likeness (QED) is 0.754. The van der Waals surface area contributed by atoms with Crippen LogP contribution >= 0.6 is 0 Å². The molecule has 108 valence electrons. The van der Waals surface area contributed by atoms with E-state index >= 15 is 0 Å². The molecule has 2 rings (SSSR count). The van der Waals surface area contributed by atoms with Crippen molar-refractivity contribution < 1.29 is 14.7 Å². The number of likely N-dealkylation sites (tertiary alicyclic amines) is 1. The van der Waals surface area contributed by atoms with Crippen LogP contribution in [0, 0.1) is 5.92 Å². The Kier molecular flexibility index (Phi) is 4.29. The molecule has 2 saturated heterocycles. The minimum absolute atomic E-state index is 0.00606. The highest BCUT2D eigenvalue weighted by Crippen LogP contribution is 2.19. The van der Waals surface area contributed by atoms with Gasteiger partial charge in [-0.05, 0) is 26.8 Å². The van der Waals surface area contributed by atoms with Gasteiger partial charge in [0.2, 0.25) is 0 Å². The number of likely N-dealkylation sites (N-methyl/N-ethyl adjacent to an activating group) is 1. The topological polar surface area (TPSA) is 64.1 Å². The van der Waals surface area contributed by atoms with Crippen LogP contribution < -0.4 is 0 Å². The predicted molar refractivity (Wildman–Crippen MR) is 71.0 cm³/mol. The molecule has 0 bridgehead atoms. The van der Waals surface area contributed by atoms with Gasteiger partial charge in [0.15, 0.2) is 0 Å². The van der Waals surface area contributed by atoms with E-state index in [2.05, 4.69) is 11.9 Å². The van der Waals surface area contributed by atoms with Gasteiger partial charge in [-0.1, -0.05) is 0 Å². The summed E-state index contributed by atoms with van der Waals surface area (Å²) in [6, 6.07) is 0.197. The molecular weight excluding hydrogens is 246 g/mol. The lowest BCUT2D eigenvalue weighted by Gasteiger charge is -2.42. The number of amides is 2. The first-order valence-corrected chi connectivity index (χ1v) is 6.96. The molecule has 0 saturated carbocycles. The third-order valence-electron chi connectivity index (χ3n) is 4.12. The van der Waals surface area contributed by atoms with E-state index in [0.29, 0.717) is 19.5 Å². The van der Waals surface area contributed by atoms with Crippen molar-refractivity contribution in [2.24, 2.45) is 5.92 Å². The van der Waals surface area contributed by atoms with E-state index < -0.39 is 11.9 Å². The molecular formula is C13H23N3O3. The molecule has 2 heterocycles. The molecule has 2 atom stereocenters. The highest BCUT2D eigenvalue weighted by Gasteiger charge is 2.33. The van der Waals surface area contributed by atoms with E-state index in [1.807, 2.05) is 11.8 Å². The number of hydrogen-bond acceptors (Lipinski definition) is 3. The number of aliphatic carboxylic acids is 1. The van der Waals surface area contributed by atoms with Crippen LogP contribution in [-0.2, 0) is 4.79 Å². The van der Waals surface area contributed by atoms with Gasteiger partial charge in [-0.25, -0.2) is 4.79 Å². The Balaban J connectivity index is 1.97. The summed E-state index contributed by atoms with van der Waals surface area (Å²) in [5.41, 5.74) is 0. The number of carboxylic acid groups (broad SMARTS) is 1. The summed E-state index contributed by atoms with van der Waals surface area (Å²) < 4.78 is 0. The van der Waals surface area contributed by atoms with Crippen molar-refractivity contribution in [2.75, 3.05) is 39.8 Å². The van der Waals surface area contributed by atoms with Gasteiger partial charge in [-0.2, -0.15) is 0 Å². The van der Waals surface area contributed by atoms with Crippen molar-refractivity contribution in [1.82, 2.24) is 14.7 Å². The smallest absolute Gasteiger partial charge is 0.320 e. The molecule has 2 amide bonds. The maximum atomic E-state index is 12.5. The van der Waals surface area contributed by atoms with Crippen molar-refractivity contribution >= 4 is 12.0 Å². The minimum Gasteiger partial charge on any atom is -0.481 e. The van der Waals surface area contributed by atoms with Gasteiger partial charge in [0.25, 0.3) is 0 Å². The Morgan fingerprint density at radius 3 is 2.53 bits per heavy atom. The van der Waals surface area contributed by atoms with Gasteiger partial charge in [-0.15, -0.1) is 0 Å². The molecule has 0 radical (unpaired) electrons. The average molecular weight is 269 g/mol. The maximum Gasteiger partial charge on any atom is 0.320 e. The fraction of sp³-hybridized carbons (Fsp3) is 0.846. The SMILES string of the molecule is CC1CN(C)CCN1C(=O)N1CCC[C@H](C(=O)O)C1. The van der Waals surface area contributed by atoms with Gasteiger partial charge in [-0.3, -0.25) is 4.79 Å². The summed E-state index contributed by atoms with van der Waals surface area (Å²) >= 11 is 0. The van der Waals surface area contributed by atoms with E-state index in [9.17, 15) is 9.59 Å². The molecule has 0 spiro atoms. The van der Waals surface area contributed by atoms with Crippen LogP contribution in [0.5, 0.6) is 0 Å². The molecule has 2 aliphatic heterocycles. The monoisotopic (exact) mass is 269 g/mol. The third kappa shape index (κ3) is 3.18. The van der Waals surface area contributed by atoms with E-state index in [0.717, 1.165) is 26.1 Å². The molecule has 19 heavy (non-hydrogen) atoms. The Morgan fingerprint density at radius 2 is 1.89 bits per heavy atom. The van der Waals surface area contributed by atoms with Gasteiger partial charge in [0.1, 0.15) is 0 Å². The summed E-state index contributed by atoms with van der Waals surface area (Å²) in [4.78, 5) is 29.3. The van der Waals surface area contributed by atoms with Gasteiger partial charge in [0, 0.05) is 38.8 Å². The third-order valence-corrected chi connectivity index (χ3v) is 4.12. The Labute approximate surface area is 114 Å². The number of carbonyl (C=O) groups is 2. The molecule has 2 fully saturated rings. The molecule has 2 aliphatic rings. The average Bonchev–Trinajstić information content (AvgIpc) is 2.38. The lowest BCUT2D eigenvalue weighted by atomic mass is 9.98. The number of nitrogens with zero attached hydrogens (tertiary/aromatic N) is 3. The molecule has 1 unspecified atom stereocenters. The van der Waals surface area contributed by atoms with Gasteiger partial charge in [0.05, 0.1) is 5.92 Å². The van der Waals surface area contributed by atoms with E-state index in [1.165, 1.54) is 0 Å². The van der Waals surface area contributed by atoms with Crippen LogP contribution in [0.25, 0.3) is 0 Å². The van der Waals surface area contributed by atoms with Crippen LogP contribution in [0.3, 0.4) is 0 Å². The number of piperazine rings is 1. The van der Waals surface area contributed by atoms with E-state index in [4.69, 9.17) is 5.11 Å². The van der Waals surface area contributed by atoms with Crippen molar-refractivity contribution in [2.45, 2.75) is 25.8 Å². The summed E-state index contributed by atoms with van der Waals surface area (Å²) in [5, 5.41) is 9.08. The second kappa shape index (κ2) is 5.77. The normalized spacial score (nSPS) is 29.4. The summed E-state index contributed by atoms with van der Waals surface area (Å²) in [7, 11) is 2.06. The summed E-state index contributed by atoms with van der Waals surface area (Å²) in [5.74, 6) is -1.19. The Morgan fingerprint density at radius 1 is 1.16 bits per heavy atom. The lowest BCUT2D eigenvalue weighted by molar-refractivity contribution is -0.143. The number of rotatable bonds is 1. The second-order valence-electron chi connectivity index (χ2n) is 5.71. The highest BCUT2D eigenvalue weighted by molar-refractivity contribution is 5.77. The molecule has 1 N–H and O–H groups in total. The maximum absolute atomic E-state index is 12.5. The van der Waals surface area contributed by atoms with Crippen LogP contribution in [-0.4, -0.2) is 77.6 Å². The van der Waals surface area contributed by atoms with Crippen molar-refractivity contribution in [1.29, 1.82) is 0 Å². The molecule has 6 nitrogen and oxygen atoms in total. The minimum atomic E-state index is -0.788. The Bertz CT molecular complexity index is 361. The molecule has 0 aromatic heterocycles. The molecule has 0 aliphatic carbocycles. The first-order chi connectivity index (χ1) is 8.99. The number of carboxylic acids is 1. The van der Waals surface area contributed by atoms with Crippen LogP contribution in [0.15, 0.2) is 0 Å². The van der Waals surface area contributed by atoms with E-state index in [1.54, 1.807) is 4.90 Å². The Hall–Kier alpha value is -1.30. The van der Waals surface area contributed by atoms with E-state index in [-0.39, 0.29) is 12.1 Å². The fourth-order valence-electron chi connectivity index (χ4n) is 2.96.